The molecule has 1 aliphatic heterocycles. The van der Waals surface area contributed by atoms with Crippen molar-refractivity contribution in [2.24, 2.45) is 5.92 Å². The summed E-state index contributed by atoms with van der Waals surface area (Å²) >= 11 is 6.06. The van der Waals surface area contributed by atoms with Crippen LogP contribution in [0, 0.1) is 26.7 Å². The highest BCUT2D eigenvalue weighted by Crippen LogP contribution is 2.31. The minimum atomic E-state index is -0.370. The Hall–Kier alpha value is -2.33. The van der Waals surface area contributed by atoms with Crippen LogP contribution in [0.3, 0.4) is 0 Å². The van der Waals surface area contributed by atoms with Crippen LogP contribution >= 0.6 is 11.6 Å². The molecule has 1 aliphatic rings. The van der Waals surface area contributed by atoms with Crippen molar-refractivity contribution in [2.75, 3.05) is 16.8 Å². The quantitative estimate of drug-likeness (QED) is 0.893. The van der Waals surface area contributed by atoms with Crippen molar-refractivity contribution in [2.45, 2.75) is 27.2 Å². The van der Waals surface area contributed by atoms with Crippen molar-refractivity contribution < 1.29 is 9.59 Å². The molecule has 1 saturated heterocycles. The number of nitrogens with one attached hydrogen (secondary N) is 1. The minimum Gasteiger partial charge on any atom is -0.326 e. The summed E-state index contributed by atoms with van der Waals surface area (Å²) in [6.45, 7) is 6.24. The zero-order valence-corrected chi connectivity index (χ0v) is 15.4. The van der Waals surface area contributed by atoms with Crippen LogP contribution in [0.4, 0.5) is 11.4 Å². The molecule has 1 unspecified atom stereocenters. The Morgan fingerprint density at radius 1 is 1.12 bits per heavy atom. The first-order valence-corrected chi connectivity index (χ1v) is 8.67. The number of rotatable bonds is 3. The largest absolute Gasteiger partial charge is 0.326 e. The van der Waals surface area contributed by atoms with Gasteiger partial charge in [0.1, 0.15) is 0 Å². The van der Waals surface area contributed by atoms with Crippen LogP contribution in [0.2, 0.25) is 5.02 Å². The molecule has 2 amide bonds. The number of anilines is 2. The van der Waals surface area contributed by atoms with Gasteiger partial charge in [-0.05, 0) is 55.7 Å². The van der Waals surface area contributed by atoms with E-state index in [-0.39, 0.29) is 24.2 Å². The number of benzene rings is 2. The van der Waals surface area contributed by atoms with Crippen LogP contribution in [0.1, 0.15) is 23.1 Å². The van der Waals surface area contributed by atoms with Crippen LogP contribution < -0.4 is 10.2 Å². The minimum absolute atomic E-state index is 0.0496. The van der Waals surface area contributed by atoms with Gasteiger partial charge in [0, 0.05) is 29.4 Å². The molecule has 2 aromatic carbocycles. The third-order valence-corrected chi connectivity index (χ3v) is 4.84. The molecule has 2 aromatic rings. The van der Waals surface area contributed by atoms with Crippen molar-refractivity contribution in [3.8, 4) is 0 Å². The van der Waals surface area contributed by atoms with Gasteiger partial charge in [-0.3, -0.25) is 9.59 Å². The molecule has 4 nitrogen and oxygen atoms in total. The highest BCUT2D eigenvalue weighted by molar-refractivity contribution is 6.31. The number of hydrogen-bond donors (Lipinski definition) is 1. The fourth-order valence-electron chi connectivity index (χ4n) is 3.09. The average molecular weight is 357 g/mol. The summed E-state index contributed by atoms with van der Waals surface area (Å²) in [5.74, 6) is -0.540. The highest BCUT2D eigenvalue weighted by Gasteiger charge is 2.35. The van der Waals surface area contributed by atoms with E-state index in [0.717, 1.165) is 28.1 Å². The lowest BCUT2D eigenvalue weighted by molar-refractivity contribution is -0.122. The Bertz CT molecular complexity index is 848. The number of halogens is 1. The predicted molar refractivity (Wildman–Crippen MR) is 101 cm³/mol. The molecule has 1 N–H and O–H groups in total. The van der Waals surface area contributed by atoms with Gasteiger partial charge in [0.05, 0.1) is 5.92 Å². The van der Waals surface area contributed by atoms with Crippen LogP contribution in [-0.2, 0) is 9.59 Å². The fourth-order valence-corrected chi connectivity index (χ4v) is 3.26. The lowest BCUT2D eigenvalue weighted by Crippen LogP contribution is -2.28. The molecule has 25 heavy (non-hydrogen) atoms. The van der Waals surface area contributed by atoms with E-state index in [1.165, 1.54) is 0 Å². The Labute approximate surface area is 152 Å². The molecule has 3 rings (SSSR count). The number of carbonyl (C=O) groups is 2. The Kier molecular flexibility index (Phi) is 4.82. The molecular formula is C20H21ClN2O2. The summed E-state index contributed by atoms with van der Waals surface area (Å²) < 4.78 is 0. The highest BCUT2D eigenvalue weighted by atomic mass is 35.5. The molecule has 0 bridgehead atoms. The average Bonchev–Trinajstić information content (AvgIpc) is 2.95. The summed E-state index contributed by atoms with van der Waals surface area (Å²) in [7, 11) is 0. The van der Waals surface area contributed by atoms with Crippen molar-refractivity contribution in [1.82, 2.24) is 0 Å². The molecule has 130 valence electrons. The topological polar surface area (TPSA) is 49.4 Å². The standard InChI is InChI=1S/C20H21ClN2O2/c1-12-4-5-13(2)17(8-12)22-20(25)15-9-19(24)23(11-15)18-10-16(21)7-6-14(18)3/h4-8,10,15H,9,11H2,1-3H3,(H,22,25). The first-order valence-electron chi connectivity index (χ1n) is 8.30. The fraction of sp³-hybridized carbons (Fsp3) is 0.300. The zero-order chi connectivity index (χ0) is 18.1. The van der Waals surface area contributed by atoms with Gasteiger partial charge < -0.3 is 10.2 Å². The Morgan fingerprint density at radius 2 is 1.84 bits per heavy atom. The second-order valence-corrected chi connectivity index (χ2v) is 7.08. The number of carbonyl (C=O) groups excluding carboxylic acids is 2. The third kappa shape index (κ3) is 3.69. The maximum absolute atomic E-state index is 12.6. The van der Waals surface area contributed by atoms with Crippen LogP contribution in [0.15, 0.2) is 36.4 Å². The second kappa shape index (κ2) is 6.89. The summed E-state index contributed by atoms with van der Waals surface area (Å²) in [6.07, 6.45) is 0.211. The van der Waals surface area contributed by atoms with E-state index in [1.807, 2.05) is 45.0 Å². The molecule has 5 heteroatoms. The first kappa shape index (κ1) is 17.5. The third-order valence-electron chi connectivity index (χ3n) is 4.61. The SMILES string of the molecule is Cc1ccc(C)c(NC(=O)C2CC(=O)N(c3cc(Cl)ccc3C)C2)c1. The van der Waals surface area contributed by atoms with Crippen LogP contribution in [0.25, 0.3) is 0 Å². The van der Waals surface area contributed by atoms with Gasteiger partial charge in [-0.2, -0.15) is 0 Å². The van der Waals surface area contributed by atoms with E-state index < -0.39 is 0 Å². The number of nitrogens with zero attached hydrogens (tertiary/aromatic N) is 1. The Balaban J connectivity index is 1.77. The van der Waals surface area contributed by atoms with Gasteiger partial charge in [0.25, 0.3) is 0 Å². The van der Waals surface area contributed by atoms with Crippen molar-refractivity contribution in [1.29, 1.82) is 0 Å². The number of amides is 2. The van der Waals surface area contributed by atoms with Gasteiger partial charge in [0.15, 0.2) is 0 Å². The molecule has 1 atom stereocenters. The normalized spacial score (nSPS) is 17.0. The molecule has 0 radical (unpaired) electrons. The van der Waals surface area contributed by atoms with Crippen molar-refractivity contribution in [3.63, 3.8) is 0 Å². The molecule has 0 aromatic heterocycles. The zero-order valence-electron chi connectivity index (χ0n) is 14.6. The molecule has 0 aliphatic carbocycles. The van der Waals surface area contributed by atoms with Gasteiger partial charge in [0.2, 0.25) is 11.8 Å². The summed E-state index contributed by atoms with van der Waals surface area (Å²) in [4.78, 5) is 26.7. The van der Waals surface area contributed by atoms with Gasteiger partial charge in [-0.25, -0.2) is 0 Å². The monoisotopic (exact) mass is 356 g/mol. The maximum Gasteiger partial charge on any atom is 0.229 e. The number of aryl methyl sites for hydroxylation is 3. The smallest absolute Gasteiger partial charge is 0.229 e. The van der Waals surface area contributed by atoms with Gasteiger partial charge in [-0.1, -0.05) is 29.8 Å². The molecule has 0 saturated carbocycles. The van der Waals surface area contributed by atoms with Crippen LogP contribution in [0.5, 0.6) is 0 Å². The first-order chi connectivity index (χ1) is 11.8. The van der Waals surface area contributed by atoms with Crippen molar-refractivity contribution in [3.05, 3.63) is 58.1 Å². The summed E-state index contributed by atoms with van der Waals surface area (Å²) in [5.41, 5.74) is 4.63. The van der Waals surface area contributed by atoms with E-state index in [4.69, 9.17) is 11.6 Å². The molecule has 0 spiro atoms. The number of hydrogen-bond acceptors (Lipinski definition) is 2. The Morgan fingerprint density at radius 3 is 2.60 bits per heavy atom. The van der Waals surface area contributed by atoms with E-state index >= 15 is 0 Å². The van der Waals surface area contributed by atoms with E-state index in [1.54, 1.807) is 17.0 Å². The molecule has 1 heterocycles. The van der Waals surface area contributed by atoms with Crippen molar-refractivity contribution >= 4 is 34.8 Å². The van der Waals surface area contributed by atoms with E-state index in [0.29, 0.717) is 11.6 Å². The lowest BCUT2D eigenvalue weighted by Gasteiger charge is -2.19. The van der Waals surface area contributed by atoms with Crippen LogP contribution in [-0.4, -0.2) is 18.4 Å². The van der Waals surface area contributed by atoms with E-state index in [9.17, 15) is 9.59 Å². The van der Waals surface area contributed by atoms with Gasteiger partial charge in [-0.15, -0.1) is 0 Å². The molecule has 1 fully saturated rings. The van der Waals surface area contributed by atoms with Gasteiger partial charge >= 0.3 is 0 Å². The maximum atomic E-state index is 12.6. The van der Waals surface area contributed by atoms with E-state index in [2.05, 4.69) is 5.32 Å². The predicted octanol–water partition coefficient (Wildman–Crippen LogP) is 4.26. The lowest BCUT2D eigenvalue weighted by atomic mass is 10.1. The second-order valence-electron chi connectivity index (χ2n) is 6.64. The summed E-state index contributed by atoms with van der Waals surface area (Å²) in [6, 6.07) is 11.4. The molecular weight excluding hydrogens is 336 g/mol. The summed E-state index contributed by atoms with van der Waals surface area (Å²) in [5, 5.41) is 3.55.